The van der Waals surface area contributed by atoms with Gasteiger partial charge in [-0.3, -0.25) is 0 Å². The molecule has 0 N–H and O–H groups in total. The highest BCUT2D eigenvalue weighted by atomic mass is 32.1. The molecule has 0 unspecified atom stereocenters. The lowest BCUT2D eigenvalue weighted by Crippen LogP contribution is -2.34. The fraction of sp³-hybridized carbons (Fsp3) is 0.500. The Morgan fingerprint density at radius 1 is 1.46 bits per heavy atom. The van der Waals surface area contributed by atoms with Gasteiger partial charge in [-0.05, 0) is 20.2 Å². The van der Waals surface area contributed by atoms with Gasteiger partial charge < -0.3 is 4.90 Å². The number of aryl methyl sites for hydroxylation is 1. The van der Waals surface area contributed by atoms with E-state index in [9.17, 15) is 0 Å². The smallest absolute Gasteiger partial charge is 0.182 e. The molecule has 1 rings (SSSR count). The van der Waals surface area contributed by atoms with E-state index < -0.39 is 0 Å². The number of hydrogen-bond donors (Lipinski definition) is 1. The molecule has 0 aliphatic heterocycles. The van der Waals surface area contributed by atoms with Gasteiger partial charge in [-0.15, -0.1) is 12.6 Å². The third kappa shape index (κ3) is 4.29. The van der Waals surface area contributed by atoms with E-state index in [2.05, 4.69) is 48.6 Å². The quantitative estimate of drug-likeness (QED) is 0.563. The molecule has 0 atom stereocenters. The predicted octanol–water partition coefficient (Wildman–Crippen LogP) is 1.21. The van der Waals surface area contributed by atoms with Crippen LogP contribution in [0.15, 0.2) is 29.4 Å². The molecule has 2 nitrogen and oxygen atoms in total. The molecule has 0 aliphatic carbocycles. The van der Waals surface area contributed by atoms with Crippen LogP contribution in [0.5, 0.6) is 0 Å². The second-order valence-corrected chi connectivity index (χ2v) is 3.97. The molecule has 0 amide bonds. The summed E-state index contributed by atoms with van der Waals surface area (Å²) in [6.45, 7) is 2.19. The maximum Gasteiger partial charge on any atom is 0.182 e. The van der Waals surface area contributed by atoms with E-state index in [0.717, 1.165) is 18.0 Å². The Labute approximate surface area is 85.6 Å². The van der Waals surface area contributed by atoms with Crippen molar-refractivity contribution in [2.45, 2.75) is 17.9 Å². The van der Waals surface area contributed by atoms with Crippen molar-refractivity contribution < 1.29 is 4.57 Å². The lowest BCUT2D eigenvalue weighted by atomic mass is 10.4. The Morgan fingerprint density at radius 3 is 2.85 bits per heavy atom. The molecule has 0 saturated carbocycles. The van der Waals surface area contributed by atoms with Crippen LogP contribution < -0.4 is 4.57 Å². The summed E-state index contributed by atoms with van der Waals surface area (Å²) in [5.74, 6) is 0. The zero-order chi connectivity index (χ0) is 9.68. The van der Waals surface area contributed by atoms with Gasteiger partial charge in [0, 0.05) is 19.0 Å². The van der Waals surface area contributed by atoms with Crippen molar-refractivity contribution in [1.29, 1.82) is 0 Å². The monoisotopic (exact) mass is 197 g/mol. The van der Waals surface area contributed by atoms with Crippen molar-refractivity contribution in [1.82, 2.24) is 4.90 Å². The van der Waals surface area contributed by atoms with Gasteiger partial charge in [-0.25, -0.2) is 4.57 Å². The predicted molar refractivity (Wildman–Crippen MR) is 57.1 cm³/mol. The number of hydrogen-bond acceptors (Lipinski definition) is 2. The number of rotatable bonds is 4. The maximum absolute atomic E-state index is 4.29. The van der Waals surface area contributed by atoms with Crippen LogP contribution in [0.25, 0.3) is 0 Å². The van der Waals surface area contributed by atoms with Crippen LogP contribution in [-0.4, -0.2) is 25.5 Å². The molecule has 0 radical (unpaired) electrons. The van der Waals surface area contributed by atoms with Gasteiger partial charge in [-0.1, -0.05) is 0 Å². The van der Waals surface area contributed by atoms with Gasteiger partial charge in [0.1, 0.15) is 6.54 Å². The summed E-state index contributed by atoms with van der Waals surface area (Å²) in [5, 5.41) is 0. The fourth-order valence-electron chi connectivity index (χ4n) is 1.22. The van der Waals surface area contributed by atoms with Crippen molar-refractivity contribution in [2.75, 3.05) is 20.6 Å². The lowest BCUT2D eigenvalue weighted by Gasteiger charge is -2.06. The molecule has 0 fully saturated rings. The highest BCUT2D eigenvalue weighted by molar-refractivity contribution is 7.80. The lowest BCUT2D eigenvalue weighted by molar-refractivity contribution is -0.699. The second-order valence-electron chi connectivity index (χ2n) is 3.46. The Bertz CT molecular complexity index is 261. The molecule has 0 aliphatic rings. The molecule has 0 saturated heterocycles. The standard InChI is InChI=1S/C10H16N2S/c1-11(2)6-4-8-12-7-3-5-10(13)9-12/h3,5,7,9H,4,6,8H2,1-2H3/p+1. The Hall–Kier alpha value is -0.540. The van der Waals surface area contributed by atoms with Crippen LogP contribution in [0.3, 0.4) is 0 Å². The summed E-state index contributed by atoms with van der Waals surface area (Å²) in [4.78, 5) is 3.22. The third-order valence-corrected chi connectivity index (χ3v) is 2.13. The molecule has 72 valence electrons. The van der Waals surface area contributed by atoms with Crippen molar-refractivity contribution in [3.63, 3.8) is 0 Å². The molecule has 0 bridgehead atoms. The zero-order valence-electron chi connectivity index (χ0n) is 8.27. The maximum atomic E-state index is 4.29. The van der Waals surface area contributed by atoms with Crippen LogP contribution in [0.4, 0.5) is 0 Å². The zero-order valence-corrected chi connectivity index (χ0v) is 9.17. The first-order chi connectivity index (χ1) is 6.18. The SMILES string of the molecule is CN(C)CCC[n+]1cccc(S)c1. The molecule has 1 heterocycles. The minimum atomic E-state index is 1.02. The van der Waals surface area contributed by atoms with E-state index in [0.29, 0.717) is 0 Å². The van der Waals surface area contributed by atoms with Gasteiger partial charge in [-0.2, -0.15) is 0 Å². The van der Waals surface area contributed by atoms with E-state index in [1.165, 1.54) is 6.42 Å². The highest BCUT2D eigenvalue weighted by Crippen LogP contribution is 1.98. The van der Waals surface area contributed by atoms with E-state index in [4.69, 9.17) is 0 Å². The number of pyridine rings is 1. The van der Waals surface area contributed by atoms with Crippen molar-refractivity contribution in [2.24, 2.45) is 0 Å². The van der Waals surface area contributed by atoms with E-state index in [-0.39, 0.29) is 0 Å². The van der Waals surface area contributed by atoms with Crippen LogP contribution in [-0.2, 0) is 6.54 Å². The van der Waals surface area contributed by atoms with E-state index in [1.807, 2.05) is 12.1 Å². The number of thiol groups is 1. The molecule has 1 aromatic heterocycles. The molecular weight excluding hydrogens is 180 g/mol. The van der Waals surface area contributed by atoms with Crippen LogP contribution in [0, 0.1) is 0 Å². The topological polar surface area (TPSA) is 7.12 Å². The van der Waals surface area contributed by atoms with Gasteiger partial charge in [0.15, 0.2) is 12.4 Å². The van der Waals surface area contributed by atoms with Gasteiger partial charge in [0.25, 0.3) is 0 Å². The number of nitrogens with zero attached hydrogens (tertiary/aromatic N) is 2. The molecule has 0 spiro atoms. The Kier molecular flexibility index (Phi) is 4.25. The summed E-state index contributed by atoms with van der Waals surface area (Å²) < 4.78 is 2.17. The highest BCUT2D eigenvalue weighted by Gasteiger charge is 2.00. The van der Waals surface area contributed by atoms with Gasteiger partial charge in [0.2, 0.25) is 0 Å². The van der Waals surface area contributed by atoms with Gasteiger partial charge >= 0.3 is 0 Å². The summed E-state index contributed by atoms with van der Waals surface area (Å²) in [6, 6.07) is 4.02. The normalized spacial score (nSPS) is 10.8. The van der Waals surface area contributed by atoms with Crippen molar-refractivity contribution >= 4 is 12.6 Å². The average Bonchev–Trinajstić information content (AvgIpc) is 2.03. The Balaban J connectivity index is 2.37. The fourth-order valence-corrected chi connectivity index (χ4v) is 1.45. The molecular formula is C10H17N2S+. The summed E-state index contributed by atoms with van der Waals surface area (Å²) in [6.07, 6.45) is 5.31. The first-order valence-corrected chi connectivity index (χ1v) is 4.96. The summed E-state index contributed by atoms with van der Waals surface area (Å²) >= 11 is 4.29. The molecule has 13 heavy (non-hydrogen) atoms. The van der Waals surface area contributed by atoms with Crippen molar-refractivity contribution in [3.05, 3.63) is 24.5 Å². The molecule has 3 heteroatoms. The largest absolute Gasteiger partial charge is 0.309 e. The Morgan fingerprint density at radius 2 is 2.23 bits per heavy atom. The van der Waals surface area contributed by atoms with Crippen LogP contribution >= 0.6 is 12.6 Å². The van der Waals surface area contributed by atoms with Crippen LogP contribution in [0.1, 0.15) is 6.42 Å². The van der Waals surface area contributed by atoms with Crippen molar-refractivity contribution in [3.8, 4) is 0 Å². The van der Waals surface area contributed by atoms with Crippen LogP contribution in [0.2, 0.25) is 0 Å². The first-order valence-electron chi connectivity index (χ1n) is 4.51. The van der Waals surface area contributed by atoms with E-state index >= 15 is 0 Å². The summed E-state index contributed by atoms with van der Waals surface area (Å²) in [7, 11) is 4.19. The summed E-state index contributed by atoms with van der Waals surface area (Å²) in [5.41, 5.74) is 0. The van der Waals surface area contributed by atoms with Gasteiger partial charge in [0.05, 0.1) is 4.90 Å². The number of aromatic nitrogens is 1. The minimum Gasteiger partial charge on any atom is -0.309 e. The third-order valence-electron chi connectivity index (χ3n) is 1.86. The first kappa shape index (κ1) is 10.5. The van der Waals surface area contributed by atoms with E-state index in [1.54, 1.807) is 0 Å². The average molecular weight is 197 g/mol. The second kappa shape index (κ2) is 5.25. The molecule has 0 aromatic carbocycles. The minimum absolute atomic E-state index is 1.02. The molecule has 1 aromatic rings.